The number of rotatable bonds is 6. The maximum Gasteiger partial charge on any atom is 0.410 e. The van der Waals surface area contributed by atoms with Crippen molar-refractivity contribution in [1.82, 2.24) is 14.7 Å². The van der Waals surface area contributed by atoms with Gasteiger partial charge in [-0.25, -0.2) is 4.68 Å². The highest BCUT2D eigenvalue weighted by Gasteiger charge is 2.48. The van der Waals surface area contributed by atoms with Crippen molar-refractivity contribution >= 4 is 11.7 Å². The normalized spacial score (nSPS) is 20.2. The molecular formula is C28H31F3N4O5. The van der Waals surface area contributed by atoms with Gasteiger partial charge in [0, 0.05) is 13.0 Å². The Kier molecular flexibility index (Phi) is 7.19. The topological polar surface area (TPSA) is 87.1 Å². The first-order valence-corrected chi connectivity index (χ1v) is 12.8. The van der Waals surface area contributed by atoms with Crippen molar-refractivity contribution in [2.24, 2.45) is 0 Å². The Morgan fingerprint density at radius 1 is 0.975 bits per heavy atom. The van der Waals surface area contributed by atoms with E-state index in [-0.39, 0.29) is 23.8 Å². The summed E-state index contributed by atoms with van der Waals surface area (Å²) in [5.74, 6) is 1.62. The quantitative estimate of drug-likeness (QED) is 0.436. The zero-order valence-electron chi connectivity index (χ0n) is 22.8. The molecule has 3 aromatic rings. The number of alkyl halides is 3. The molecule has 0 fully saturated rings. The molecule has 1 N–H and O–H groups in total. The first-order chi connectivity index (χ1) is 19.1. The van der Waals surface area contributed by atoms with Crippen LogP contribution in [0.15, 0.2) is 36.5 Å². The molecule has 2 aliphatic heterocycles. The summed E-state index contributed by atoms with van der Waals surface area (Å²) in [6.07, 6.45) is -3.11. The van der Waals surface area contributed by atoms with Gasteiger partial charge in [-0.2, -0.15) is 18.3 Å². The summed E-state index contributed by atoms with van der Waals surface area (Å²) in [7, 11) is 6.05. The second kappa shape index (κ2) is 10.5. The van der Waals surface area contributed by atoms with Crippen LogP contribution in [-0.4, -0.2) is 61.7 Å². The zero-order chi connectivity index (χ0) is 28.8. The van der Waals surface area contributed by atoms with E-state index in [1.54, 1.807) is 30.2 Å². The summed E-state index contributed by atoms with van der Waals surface area (Å²) in [5.41, 5.74) is 2.56. The second-order valence-corrected chi connectivity index (χ2v) is 9.79. The monoisotopic (exact) mass is 560 g/mol. The van der Waals surface area contributed by atoms with Crippen LogP contribution in [0.2, 0.25) is 0 Å². The summed E-state index contributed by atoms with van der Waals surface area (Å²) in [4.78, 5) is 15.5. The fourth-order valence-corrected chi connectivity index (χ4v) is 5.58. The SMILES string of the molecule is COc1ccc([C@H]2C[C@H](C(F)(F)F)n3ncc(C(=O)N4CCc5cc(OC)c(OC)cc5[C@H]4C)c3N2)cc1OC. The number of nitrogens with one attached hydrogen (secondary N) is 1. The first-order valence-electron chi connectivity index (χ1n) is 12.8. The van der Waals surface area contributed by atoms with E-state index in [0.29, 0.717) is 41.5 Å². The van der Waals surface area contributed by atoms with Crippen LogP contribution in [0.3, 0.4) is 0 Å². The smallest absolute Gasteiger partial charge is 0.410 e. The number of hydrogen-bond acceptors (Lipinski definition) is 7. The molecule has 0 radical (unpaired) electrons. The van der Waals surface area contributed by atoms with Gasteiger partial charge in [0.05, 0.1) is 46.7 Å². The van der Waals surface area contributed by atoms with Crippen LogP contribution in [0.25, 0.3) is 0 Å². The maximum atomic E-state index is 14.2. The summed E-state index contributed by atoms with van der Waals surface area (Å²) >= 11 is 0. The highest BCUT2D eigenvalue weighted by atomic mass is 19.4. The highest BCUT2D eigenvalue weighted by Crippen LogP contribution is 2.46. The molecule has 0 bridgehead atoms. The van der Waals surface area contributed by atoms with Crippen LogP contribution < -0.4 is 24.3 Å². The van der Waals surface area contributed by atoms with Crippen LogP contribution in [0.4, 0.5) is 19.0 Å². The third-order valence-electron chi connectivity index (χ3n) is 7.72. The third kappa shape index (κ3) is 4.65. The Morgan fingerprint density at radius 3 is 2.27 bits per heavy atom. The number of aromatic nitrogens is 2. The lowest BCUT2D eigenvalue weighted by Crippen LogP contribution is -2.40. The Labute approximate surface area is 229 Å². The van der Waals surface area contributed by atoms with E-state index in [1.807, 2.05) is 19.1 Å². The minimum absolute atomic E-state index is 0.0312. The lowest BCUT2D eigenvalue weighted by Gasteiger charge is -2.37. The molecule has 9 nitrogen and oxygen atoms in total. The Hall–Kier alpha value is -4.09. The molecule has 0 unspecified atom stereocenters. The minimum atomic E-state index is -4.58. The van der Waals surface area contributed by atoms with Crippen molar-refractivity contribution in [1.29, 1.82) is 0 Å². The molecule has 2 aliphatic rings. The standard InChI is InChI=1S/C28H31F3N4O5/c1-15-18-12-24(40-5)23(39-4)10-16(18)8-9-34(15)27(36)19-14-32-35-25(28(29,30)31)13-20(33-26(19)35)17-6-7-21(37-2)22(11-17)38-3/h6-7,10-12,14-15,20,25,33H,8-9,13H2,1-5H3/t15-,20-,25-/m1/s1. The van der Waals surface area contributed by atoms with Crippen molar-refractivity contribution in [3.63, 3.8) is 0 Å². The minimum Gasteiger partial charge on any atom is -0.493 e. The number of ether oxygens (including phenoxy) is 4. The summed E-state index contributed by atoms with van der Waals surface area (Å²) in [6, 6.07) is 5.70. The predicted octanol–water partition coefficient (Wildman–Crippen LogP) is 5.34. The van der Waals surface area contributed by atoms with Crippen LogP contribution >= 0.6 is 0 Å². The van der Waals surface area contributed by atoms with Crippen molar-refractivity contribution in [3.8, 4) is 23.0 Å². The van der Waals surface area contributed by atoms with Gasteiger partial charge in [-0.15, -0.1) is 0 Å². The zero-order valence-corrected chi connectivity index (χ0v) is 22.8. The summed E-state index contributed by atoms with van der Waals surface area (Å²) in [6.45, 7) is 2.27. The number of nitrogens with zero attached hydrogens (tertiary/aromatic N) is 3. The molecule has 2 aromatic carbocycles. The van der Waals surface area contributed by atoms with E-state index in [1.165, 1.54) is 27.5 Å². The molecule has 0 saturated carbocycles. The maximum absolute atomic E-state index is 14.2. The molecule has 12 heteroatoms. The number of anilines is 1. The number of benzene rings is 2. The molecule has 1 aromatic heterocycles. The molecule has 5 rings (SSSR count). The average molecular weight is 561 g/mol. The van der Waals surface area contributed by atoms with Crippen LogP contribution in [0.1, 0.15) is 58.5 Å². The number of methoxy groups -OCH3 is 4. The molecule has 1 amide bonds. The van der Waals surface area contributed by atoms with E-state index < -0.39 is 24.2 Å². The summed E-state index contributed by atoms with van der Waals surface area (Å²) < 4.78 is 65.1. The van der Waals surface area contributed by atoms with Crippen molar-refractivity contribution in [3.05, 3.63) is 58.8 Å². The first kappa shape index (κ1) is 27.5. The van der Waals surface area contributed by atoms with Crippen LogP contribution in [0.5, 0.6) is 23.0 Å². The van der Waals surface area contributed by atoms with Gasteiger partial charge >= 0.3 is 6.18 Å². The van der Waals surface area contributed by atoms with Gasteiger partial charge in [0.15, 0.2) is 29.0 Å². The van der Waals surface area contributed by atoms with Gasteiger partial charge in [-0.1, -0.05) is 6.07 Å². The van der Waals surface area contributed by atoms with Gasteiger partial charge in [-0.3, -0.25) is 4.79 Å². The van der Waals surface area contributed by atoms with Crippen LogP contribution in [-0.2, 0) is 6.42 Å². The summed E-state index contributed by atoms with van der Waals surface area (Å²) in [5, 5.41) is 7.19. The fourth-order valence-electron chi connectivity index (χ4n) is 5.58. The number of halogens is 3. The third-order valence-corrected chi connectivity index (χ3v) is 7.72. The molecule has 214 valence electrons. The molecule has 3 atom stereocenters. The Balaban J connectivity index is 1.50. The van der Waals surface area contributed by atoms with E-state index in [4.69, 9.17) is 18.9 Å². The molecule has 40 heavy (non-hydrogen) atoms. The number of carbonyl (C=O) groups excluding carboxylic acids is 1. The van der Waals surface area contributed by atoms with Gasteiger partial charge < -0.3 is 29.2 Å². The fraction of sp³-hybridized carbons (Fsp3) is 0.429. The number of carbonyl (C=O) groups is 1. The molecule has 0 aliphatic carbocycles. The predicted molar refractivity (Wildman–Crippen MR) is 141 cm³/mol. The average Bonchev–Trinajstić information content (AvgIpc) is 3.39. The molecule has 0 spiro atoms. The highest BCUT2D eigenvalue weighted by molar-refractivity contribution is 5.99. The van der Waals surface area contributed by atoms with Gasteiger partial charge in [0.1, 0.15) is 11.4 Å². The van der Waals surface area contributed by atoms with Gasteiger partial charge in [-0.05, 0) is 54.3 Å². The van der Waals surface area contributed by atoms with Crippen molar-refractivity contribution in [2.75, 3.05) is 40.3 Å². The Bertz CT molecular complexity index is 1420. The van der Waals surface area contributed by atoms with E-state index >= 15 is 0 Å². The lowest BCUT2D eigenvalue weighted by atomic mass is 9.92. The van der Waals surface area contributed by atoms with E-state index in [0.717, 1.165) is 15.8 Å². The van der Waals surface area contributed by atoms with Gasteiger partial charge in [0.25, 0.3) is 5.91 Å². The molecular weight excluding hydrogens is 529 g/mol. The van der Waals surface area contributed by atoms with Crippen molar-refractivity contribution < 1.29 is 36.9 Å². The number of fused-ring (bicyclic) bond motifs is 2. The van der Waals surface area contributed by atoms with E-state index in [9.17, 15) is 18.0 Å². The molecule has 3 heterocycles. The molecule has 0 saturated heterocycles. The number of hydrogen-bond donors (Lipinski definition) is 1. The number of amides is 1. The van der Waals surface area contributed by atoms with Gasteiger partial charge in [0.2, 0.25) is 0 Å². The largest absolute Gasteiger partial charge is 0.493 e. The van der Waals surface area contributed by atoms with Crippen molar-refractivity contribution in [2.45, 2.75) is 44.1 Å². The van der Waals surface area contributed by atoms with Crippen LogP contribution in [0, 0.1) is 0 Å². The second-order valence-electron chi connectivity index (χ2n) is 9.79. The lowest BCUT2D eigenvalue weighted by molar-refractivity contribution is -0.173. The Morgan fingerprint density at radius 2 is 1.62 bits per heavy atom. The van der Waals surface area contributed by atoms with E-state index in [2.05, 4.69) is 10.4 Å².